The van der Waals surface area contributed by atoms with Crippen LogP contribution in [0, 0.1) is 6.92 Å². The first-order valence-electron chi connectivity index (χ1n) is 4.94. The van der Waals surface area contributed by atoms with E-state index in [1.165, 1.54) is 25.7 Å². The highest BCUT2D eigenvalue weighted by molar-refractivity contribution is 5.25. The lowest BCUT2D eigenvalue weighted by Crippen LogP contribution is -2.11. The van der Waals surface area contributed by atoms with Gasteiger partial charge in [0.25, 0.3) is 0 Å². The second-order valence-corrected chi connectivity index (χ2v) is 3.61. The minimum absolute atomic E-state index is 0.433. The molecule has 0 unspecified atom stereocenters. The Morgan fingerprint density at radius 1 is 1.38 bits per heavy atom. The van der Waals surface area contributed by atoms with Gasteiger partial charge in [-0.05, 0) is 44.7 Å². The fourth-order valence-electron chi connectivity index (χ4n) is 1.78. The van der Waals surface area contributed by atoms with Crippen LogP contribution in [0.5, 0.6) is 5.75 Å². The van der Waals surface area contributed by atoms with Crippen molar-refractivity contribution < 1.29 is 4.74 Å². The molecule has 1 fully saturated rings. The largest absolute Gasteiger partial charge is 0.489 e. The first-order chi connectivity index (χ1) is 6.36. The maximum absolute atomic E-state index is 5.84. The molecule has 0 spiro atoms. The average Bonchev–Trinajstić information content (AvgIpc) is 2.61. The van der Waals surface area contributed by atoms with Crippen molar-refractivity contribution in [3.05, 3.63) is 24.0 Å². The van der Waals surface area contributed by atoms with Gasteiger partial charge >= 0.3 is 0 Å². The van der Waals surface area contributed by atoms with Gasteiger partial charge in [-0.25, -0.2) is 0 Å². The van der Waals surface area contributed by atoms with E-state index < -0.39 is 0 Å². The van der Waals surface area contributed by atoms with Gasteiger partial charge in [-0.3, -0.25) is 4.98 Å². The highest BCUT2D eigenvalue weighted by atomic mass is 16.5. The number of pyridine rings is 1. The van der Waals surface area contributed by atoms with E-state index in [9.17, 15) is 0 Å². The third kappa shape index (κ3) is 2.00. The fraction of sp³-hybridized carbons (Fsp3) is 0.545. The quantitative estimate of drug-likeness (QED) is 0.693. The van der Waals surface area contributed by atoms with E-state index >= 15 is 0 Å². The number of aryl methyl sites for hydroxylation is 1. The lowest BCUT2D eigenvalue weighted by molar-refractivity contribution is 0.207. The van der Waals surface area contributed by atoms with E-state index in [0.717, 1.165) is 11.4 Å². The van der Waals surface area contributed by atoms with Crippen LogP contribution < -0.4 is 4.74 Å². The third-order valence-corrected chi connectivity index (χ3v) is 2.55. The summed E-state index contributed by atoms with van der Waals surface area (Å²) >= 11 is 0. The van der Waals surface area contributed by atoms with Crippen LogP contribution in [0.3, 0.4) is 0 Å². The number of ether oxygens (including phenoxy) is 1. The number of rotatable bonds is 2. The molecule has 1 aliphatic rings. The average molecular weight is 177 g/mol. The smallest absolute Gasteiger partial charge is 0.140 e. The lowest BCUT2D eigenvalue weighted by Gasteiger charge is -2.13. The predicted octanol–water partition coefficient (Wildman–Crippen LogP) is 2.71. The third-order valence-electron chi connectivity index (χ3n) is 2.55. The Labute approximate surface area is 78.9 Å². The topological polar surface area (TPSA) is 22.1 Å². The number of aromatic nitrogens is 1. The molecule has 2 heteroatoms. The molecule has 13 heavy (non-hydrogen) atoms. The molecule has 2 rings (SSSR count). The molecule has 0 N–H and O–H groups in total. The minimum Gasteiger partial charge on any atom is -0.489 e. The van der Waals surface area contributed by atoms with E-state index in [-0.39, 0.29) is 0 Å². The molecule has 70 valence electrons. The SMILES string of the molecule is Cc1ncccc1OC1CCCC1. The van der Waals surface area contributed by atoms with Crippen LogP contribution in [-0.4, -0.2) is 11.1 Å². The van der Waals surface area contributed by atoms with Gasteiger partial charge in [0.15, 0.2) is 0 Å². The minimum atomic E-state index is 0.433. The zero-order chi connectivity index (χ0) is 9.10. The van der Waals surface area contributed by atoms with Gasteiger partial charge in [-0.1, -0.05) is 0 Å². The summed E-state index contributed by atoms with van der Waals surface area (Å²) in [4.78, 5) is 4.20. The number of nitrogens with zero attached hydrogens (tertiary/aromatic N) is 1. The molecule has 1 heterocycles. The van der Waals surface area contributed by atoms with Crippen molar-refractivity contribution in [2.24, 2.45) is 0 Å². The summed E-state index contributed by atoms with van der Waals surface area (Å²) in [5.74, 6) is 0.953. The monoisotopic (exact) mass is 177 g/mol. The molecule has 0 aromatic carbocycles. The molecule has 1 aromatic heterocycles. The first kappa shape index (κ1) is 8.54. The molecule has 1 aromatic rings. The standard InChI is InChI=1S/C11H15NO/c1-9-11(7-4-8-12-9)13-10-5-2-3-6-10/h4,7-8,10H,2-3,5-6H2,1H3. The summed E-state index contributed by atoms with van der Waals surface area (Å²) in [6.07, 6.45) is 7.26. The summed E-state index contributed by atoms with van der Waals surface area (Å²) in [6.45, 7) is 1.99. The Morgan fingerprint density at radius 2 is 2.15 bits per heavy atom. The summed E-state index contributed by atoms with van der Waals surface area (Å²) in [5.41, 5.74) is 0.995. The molecule has 0 amide bonds. The van der Waals surface area contributed by atoms with Crippen molar-refractivity contribution in [2.45, 2.75) is 38.7 Å². The highest BCUT2D eigenvalue weighted by Crippen LogP contribution is 2.24. The fourth-order valence-corrected chi connectivity index (χ4v) is 1.78. The Hall–Kier alpha value is -1.05. The van der Waals surface area contributed by atoms with Crippen molar-refractivity contribution in [1.82, 2.24) is 4.98 Å². The van der Waals surface area contributed by atoms with E-state index in [4.69, 9.17) is 4.74 Å². The second-order valence-electron chi connectivity index (χ2n) is 3.61. The van der Waals surface area contributed by atoms with Gasteiger partial charge in [0.2, 0.25) is 0 Å². The molecule has 0 radical (unpaired) electrons. The molecule has 2 nitrogen and oxygen atoms in total. The zero-order valence-corrected chi connectivity index (χ0v) is 7.99. The number of hydrogen-bond acceptors (Lipinski definition) is 2. The molecule has 0 saturated heterocycles. The van der Waals surface area contributed by atoms with E-state index in [2.05, 4.69) is 4.98 Å². The Balaban J connectivity index is 2.04. The Morgan fingerprint density at radius 3 is 2.85 bits per heavy atom. The normalized spacial score (nSPS) is 17.6. The van der Waals surface area contributed by atoms with Crippen LogP contribution in [0.1, 0.15) is 31.4 Å². The van der Waals surface area contributed by atoms with Crippen LogP contribution in [0.4, 0.5) is 0 Å². The van der Waals surface area contributed by atoms with E-state index in [0.29, 0.717) is 6.10 Å². The van der Waals surface area contributed by atoms with Gasteiger partial charge in [-0.2, -0.15) is 0 Å². The van der Waals surface area contributed by atoms with E-state index in [1.807, 2.05) is 19.1 Å². The van der Waals surface area contributed by atoms with Crippen molar-refractivity contribution in [3.8, 4) is 5.75 Å². The maximum atomic E-state index is 5.84. The maximum Gasteiger partial charge on any atom is 0.140 e. The molecular formula is C11H15NO. The van der Waals surface area contributed by atoms with Crippen LogP contribution in [-0.2, 0) is 0 Å². The summed E-state index contributed by atoms with van der Waals surface area (Å²) in [5, 5.41) is 0. The van der Waals surface area contributed by atoms with Crippen LogP contribution in [0.25, 0.3) is 0 Å². The second kappa shape index (κ2) is 3.77. The van der Waals surface area contributed by atoms with Gasteiger partial charge in [0, 0.05) is 6.20 Å². The van der Waals surface area contributed by atoms with Gasteiger partial charge in [0.05, 0.1) is 11.8 Å². The van der Waals surface area contributed by atoms with E-state index in [1.54, 1.807) is 6.20 Å². The number of hydrogen-bond donors (Lipinski definition) is 0. The van der Waals surface area contributed by atoms with Crippen molar-refractivity contribution in [3.63, 3.8) is 0 Å². The van der Waals surface area contributed by atoms with Gasteiger partial charge in [-0.15, -0.1) is 0 Å². The molecule has 1 aliphatic carbocycles. The Bertz CT molecular complexity index is 279. The lowest BCUT2D eigenvalue weighted by atomic mass is 10.3. The zero-order valence-electron chi connectivity index (χ0n) is 7.99. The molecule has 0 atom stereocenters. The summed E-state index contributed by atoms with van der Waals surface area (Å²) in [7, 11) is 0. The molecule has 0 bridgehead atoms. The predicted molar refractivity (Wildman–Crippen MR) is 51.9 cm³/mol. The van der Waals surface area contributed by atoms with Crippen LogP contribution >= 0.6 is 0 Å². The highest BCUT2D eigenvalue weighted by Gasteiger charge is 2.16. The Kier molecular flexibility index (Phi) is 2.48. The molecule has 0 aliphatic heterocycles. The van der Waals surface area contributed by atoms with Gasteiger partial charge < -0.3 is 4.74 Å². The van der Waals surface area contributed by atoms with Crippen LogP contribution in [0.15, 0.2) is 18.3 Å². The first-order valence-corrected chi connectivity index (χ1v) is 4.94. The summed E-state index contributed by atoms with van der Waals surface area (Å²) < 4.78 is 5.84. The molecule has 1 saturated carbocycles. The molecular weight excluding hydrogens is 162 g/mol. The van der Waals surface area contributed by atoms with Crippen molar-refractivity contribution in [1.29, 1.82) is 0 Å². The van der Waals surface area contributed by atoms with Crippen molar-refractivity contribution in [2.75, 3.05) is 0 Å². The van der Waals surface area contributed by atoms with Crippen LogP contribution in [0.2, 0.25) is 0 Å². The summed E-state index contributed by atoms with van der Waals surface area (Å²) in [6, 6.07) is 3.93. The van der Waals surface area contributed by atoms with Gasteiger partial charge in [0.1, 0.15) is 5.75 Å². The van der Waals surface area contributed by atoms with Crippen molar-refractivity contribution >= 4 is 0 Å².